The Labute approximate surface area is 110 Å². The average Bonchev–Trinajstić information content (AvgIpc) is 3.22. The predicted molar refractivity (Wildman–Crippen MR) is 75.9 cm³/mol. The van der Waals surface area contributed by atoms with Gasteiger partial charge in [0.15, 0.2) is 0 Å². The Bertz CT molecular complexity index is 371. The summed E-state index contributed by atoms with van der Waals surface area (Å²) < 4.78 is 0. The lowest BCUT2D eigenvalue weighted by molar-refractivity contribution is 0.213. The quantitative estimate of drug-likeness (QED) is 0.874. The van der Waals surface area contributed by atoms with Crippen molar-refractivity contribution in [3.8, 4) is 0 Å². The minimum absolute atomic E-state index is 0.667. The van der Waals surface area contributed by atoms with E-state index in [-0.39, 0.29) is 0 Å². The van der Waals surface area contributed by atoms with E-state index in [1.54, 1.807) is 11.1 Å². The Hall–Kier alpha value is -0.860. The molecule has 1 fully saturated rings. The van der Waals surface area contributed by atoms with Crippen molar-refractivity contribution in [3.05, 3.63) is 35.4 Å². The van der Waals surface area contributed by atoms with Crippen LogP contribution in [0.5, 0.6) is 0 Å². The van der Waals surface area contributed by atoms with E-state index in [4.69, 9.17) is 0 Å². The average molecular weight is 244 g/mol. The molecule has 98 valence electrons. The Kier molecular flexibility index (Phi) is 3.67. The molecule has 2 heteroatoms. The third kappa shape index (κ3) is 2.93. The summed E-state index contributed by atoms with van der Waals surface area (Å²) in [6, 6.07) is 10.4. The highest BCUT2D eigenvalue weighted by Crippen LogP contribution is 2.20. The first kappa shape index (κ1) is 12.2. The van der Waals surface area contributed by atoms with Crippen LogP contribution in [-0.4, -0.2) is 36.6 Å². The molecule has 1 heterocycles. The molecular formula is C16H24N2. The van der Waals surface area contributed by atoms with Crippen LogP contribution in [0.4, 0.5) is 0 Å². The van der Waals surface area contributed by atoms with Crippen molar-refractivity contribution in [1.29, 1.82) is 0 Å². The molecule has 1 saturated carbocycles. The number of hydrogen-bond acceptors (Lipinski definition) is 2. The van der Waals surface area contributed by atoms with E-state index in [1.165, 1.54) is 38.8 Å². The lowest BCUT2D eigenvalue weighted by Gasteiger charge is -2.27. The van der Waals surface area contributed by atoms with E-state index in [2.05, 4.69) is 41.4 Å². The highest BCUT2D eigenvalue weighted by molar-refractivity contribution is 5.28. The van der Waals surface area contributed by atoms with Crippen LogP contribution in [0.15, 0.2) is 24.3 Å². The van der Waals surface area contributed by atoms with E-state index < -0.39 is 0 Å². The molecular weight excluding hydrogens is 220 g/mol. The van der Waals surface area contributed by atoms with Gasteiger partial charge >= 0.3 is 0 Å². The second-order valence-corrected chi connectivity index (χ2v) is 5.84. The van der Waals surface area contributed by atoms with Gasteiger partial charge < -0.3 is 5.32 Å². The van der Waals surface area contributed by atoms with Gasteiger partial charge in [0.2, 0.25) is 0 Å². The summed E-state index contributed by atoms with van der Waals surface area (Å²) in [6.45, 7) is 5.95. The zero-order chi connectivity index (χ0) is 12.4. The largest absolute Gasteiger partial charge is 0.312 e. The molecule has 2 nitrogen and oxygen atoms in total. The molecule has 0 aromatic heterocycles. The SMILES string of the molecule is CC(CNC1CC1)N1CCc2ccccc2CC1. The lowest BCUT2D eigenvalue weighted by atomic mass is 10.0. The predicted octanol–water partition coefficient (Wildman–Crippen LogP) is 2.23. The maximum Gasteiger partial charge on any atom is 0.0192 e. The first-order chi connectivity index (χ1) is 8.83. The first-order valence-electron chi connectivity index (χ1n) is 7.37. The van der Waals surface area contributed by atoms with Crippen molar-refractivity contribution in [3.63, 3.8) is 0 Å². The fraction of sp³-hybridized carbons (Fsp3) is 0.625. The summed E-state index contributed by atoms with van der Waals surface area (Å²) in [5.74, 6) is 0. The second kappa shape index (κ2) is 5.41. The zero-order valence-corrected chi connectivity index (χ0v) is 11.4. The molecule has 1 aromatic carbocycles. The van der Waals surface area contributed by atoms with Gasteiger partial charge in [-0.15, -0.1) is 0 Å². The van der Waals surface area contributed by atoms with Gasteiger partial charge in [-0.05, 0) is 43.7 Å². The van der Waals surface area contributed by atoms with Gasteiger partial charge in [-0.1, -0.05) is 24.3 Å². The fourth-order valence-corrected chi connectivity index (χ4v) is 2.88. The van der Waals surface area contributed by atoms with Crippen LogP contribution in [0.1, 0.15) is 30.9 Å². The van der Waals surface area contributed by atoms with Crippen molar-refractivity contribution in [1.82, 2.24) is 10.2 Å². The molecule has 3 rings (SSSR count). The maximum absolute atomic E-state index is 3.65. The summed E-state index contributed by atoms with van der Waals surface area (Å²) in [7, 11) is 0. The maximum atomic E-state index is 3.65. The molecule has 1 aromatic rings. The molecule has 0 saturated heterocycles. The first-order valence-corrected chi connectivity index (χ1v) is 7.37. The molecule has 18 heavy (non-hydrogen) atoms. The molecule has 0 amide bonds. The summed E-state index contributed by atoms with van der Waals surface area (Å²) in [6.07, 6.45) is 5.20. The van der Waals surface area contributed by atoms with Gasteiger partial charge in [-0.25, -0.2) is 0 Å². The number of rotatable bonds is 4. The minimum Gasteiger partial charge on any atom is -0.312 e. The Morgan fingerprint density at radius 3 is 2.33 bits per heavy atom. The van der Waals surface area contributed by atoms with Crippen molar-refractivity contribution in [2.24, 2.45) is 0 Å². The number of hydrogen-bond donors (Lipinski definition) is 1. The number of nitrogens with one attached hydrogen (secondary N) is 1. The molecule has 0 radical (unpaired) electrons. The van der Waals surface area contributed by atoms with Crippen LogP contribution in [0, 0.1) is 0 Å². The van der Waals surface area contributed by atoms with Crippen LogP contribution in [0.25, 0.3) is 0 Å². The number of benzene rings is 1. The smallest absolute Gasteiger partial charge is 0.0192 e. The molecule has 2 aliphatic rings. The second-order valence-electron chi connectivity index (χ2n) is 5.84. The Morgan fingerprint density at radius 1 is 1.17 bits per heavy atom. The molecule has 0 bridgehead atoms. The van der Waals surface area contributed by atoms with Crippen LogP contribution in [-0.2, 0) is 12.8 Å². The van der Waals surface area contributed by atoms with Crippen LogP contribution in [0.3, 0.4) is 0 Å². The van der Waals surface area contributed by atoms with Crippen LogP contribution >= 0.6 is 0 Å². The standard InChI is InChI=1S/C16H24N2/c1-13(12-17-16-6-7-16)18-10-8-14-4-2-3-5-15(14)9-11-18/h2-5,13,16-17H,6-12H2,1H3. The van der Waals surface area contributed by atoms with Gasteiger partial charge in [-0.3, -0.25) is 4.90 Å². The van der Waals surface area contributed by atoms with E-state index in [0.29, 0.717) is 6.04 Å². The summed E-state index contributed by atoms with van der Waals surface area (Å²) in [5.41, 5.74) is 3.12. The van der Waals surface area contributed by atoms with E-state index in [1.807, 2.05) is 0 Å². The Morgan fingerprint density at radius 2 is 1.78 bits per heavy atom. The van der Waals surface area contributed by atoms with Gasteiger partial charge in [-0.2, -0.15) is 0 Å². The van der Waals surface area contributed by atoms with Crippen LogP contribution in [0.2, 0.25) is 0 Å². The van der Waals surface area contributed by atoms with Crippen LogP contribution < -0.4 is 5.32 Å². The zero-order valence-electron chi connectivity index (χ0n) is 11.4. The fourth-order valence-electron chi connectivity index (χ4n) is 2.88. The third-order valence-electron chi connectivity index (χ3n) is 4.36. The van der Waals surface area contributed by atoms with Gasteiger partial charge in [0, 0.05) is 31.7 Å². The molecule has 0 spiro atoms. The number of nitrogens with zero attached hydrogens (tertiary/aromatic N) is 1. The topological polar surface area (TPSA) is 15.3 Å². The normalized spacial score (nSPS) is 22.3. The summed E-state index contributed by atoms with van der Waals surface area (Å²) >= 11 is 0. The minimum atomic E-state index is 0.667. The molecule has 1 atom stereocenters. The molecule has 1 aliphatic heterocycles. The summed E-state index contributed by atoms with van der Waals surface area (Å²) in [5, 5.41) is 3.65. The van der Waals surface area contributed by atoms with E-state index >= 15 is 0 Å². The highest BCUT2D eigenvalue weighted by atomic mass is 15.2. The molecule has 1 N–H and O–H groups in total. The third-order valence-corrected chi connectivity index (χ3v) is 4.36. The monoisotopic (exact) mass is 244 g/mol. The molecule has 1 aliphatic carbocycles. The highest BCUT2D eigenvalue weighted by Gasteiger charge is 2.23. The van der Waals surface area contributed by atoms with Gasteiger partial charge in [0.05, 0.1) is 0 Å². The van der Waals surface area contributed by atoms with Crippen molar-refractivity contribution in [2.45, 2.75) is 44.7 Å². The Balaban J connectivity index is 1.56. The van der Waals surface area contributed by atoms with Crippen molar-refractivity contribution < 1.29 is 0 Å². The van der Waals surface area contributed by atoms with Crippen molar-refractivity contribution in [2.75, 3.05) is 19.6 Å². The van der Waals surface area contributed by atoms with Gasteiger partial charge in [0.25, 0.3) is 0 Å². The van der Waals surface area contributed by atoms with Gasteiger partial charge in [0.1, 0.15) is 0 Å². The molecule has 1 unspecified atom stereocenters. The summed E-state index contributed by atoms with van der Waals surface area (Å²) in [4.78, 5) is 2.65. The van der Waals surface area contributed by atoms with E-state index in [0.717, 1.165) is 12.6 Å². The van der Waals surface area contributed by atoms with E-state index in [9.17, 15) is 0 Å². The number of fused-ring (bicyclic) bond motifs is 1. The lowest BCUT2D eigenvalue weighted by Crippen LogP contribution is -2.42. The van der Waals surface area contributed by atoms with Crippen molar-refractivity contribution >= 4 is 0 Å².